The zero-order valence-electron chi connectivity index (χ0n) is 86.0. The Bertz CT molecular complexity index is 4880. The van der Waals surface area contributed by atoms with Gasteiger partial charge >= 0.3 is 0 Å². The van der Waals surface area contributed by atoms with Crippen LogP contribution in [0.1, 0.15) is 155 Å². The van der Waals surface area contributed by atoms with Gasteiger partial charge in [0.05, 0.1) is 83.3 Å². The standard InChI is InChI=1S/C9H12N2.2C8H12N2.C8H10N2.2C8H11NO.2C8H11NS.2C7H11N3.2C7H10N2O.2C7H10N2S/c1-11-5-3-8-6-10-4-2-9(8)7-11;1-10-5-3-8-7(6-10)2-4-9-8;1-10-5-3-7-2-4-9-8(7)6-10;1-10-5-7-2-3-9-4-8(7)6-10;1-9-4-2-8-7(6-9)3-5-10-8;1-9-4-2-7-3-5-10-8(7)6-9;1-9-4-2-8-7(6-9)3-5-10-8;1-9-4-2-7-3-5-10-8(7)6-9;1-10-3-2-7-6(5-10)4-8-9-7;1-10-3-2-6-7(4-10)9-5-8-6;1-9-3-2-7-6(4-9)8-5-10-7;1-9-3-2-6-7(4-9)10-5-8-6;1-9-3-2-7-6(4-9)8-5-10-7;1-9-3-2-6-7(4-9)10-5-8-6/h2,4,6H,3,5,7H2,1H3;2*2,4,9H,3,5-6H2,1H3;2-4H,5-6H2,1H3;4*3,5H,2,4,6H2,1H3;4H,2-3,5H2,1H3,(H,8,9);5H,2-4H2,1H3,(H,8,9);4*5H,2-4H2,1H3. The maximum Gasteiger partial charge on any atom is 0.181 e. The number of hydrogen-bond acceptors (Lipinski definition) is 30. The first kappa shape index (κ1) is 106. The van der Waals surface area contributed by atoms with Crippen LogP contribution in [0, 0.1) is 0 Å². The predicted molar refractivity (Wildman–Crippen MR) is 566 cm³/mol. The van der Waals surface area contributed by atoms with Crippen molar-refractivity contribution in [3.63, 3.8) is 0 Å². The van der Waals surface area contributed by atoms with Gasteiger partial charge in [0.25, 0.3) is 0 Å². The van der Waals surface area contributed by atoms with E-state index >= 15 is 0 Å². The number of thiophene rings is 2. The van der Waals surface area contributed by atoms with Crippen LogP contribution >= 0.6 is 45.3 Å². The van der Waals surface area contributed by atoms with Crippen molar-refractivity contribution in [2.75, 3.05) is 184 Å². The predicted octanol–water partition coefficient (Wildman–Crippen LogP) is 14.5. The number of aromatic nitrogens is 12. The van der Waals surface area contributed by atoms with Gasteiger partial charge in [-0.3, -0.25) is 34.7 Å². The number of nitrogens with one attached hydrogen (secondary N) is 4. The van der Waals surface area contributed by atoms with E-state index in [0.29, 0.717) is 0 Å². The number of furan rings is 2. The molecule has 28 rings (SSSR count). The maximum atomic E-state index is 5.28. The van der Waals surface area contributed by atoms with E-state index in [9.17, 15) is 0 Å². The Morgan fingerprint density at radius 2 is 0.709 bits per heavy atom. The van der Waals surface area contributed by atoms with E-state index in [1.807, 2.05) is 77.1 Å². The molecule has 0 aliphatic carbocycles. The molecule has 0 aromatic carbocycles. The number of fused-ring (bicyclic) bond motifs is 14. The summed E-state index contributed by atoms with van der Waals surface area (Å²) in [4.78, 5) is 77.2. The Labute approximate surface area is 851 Å². The molecular weight excluding hydrogens is 1840 g/mol. The molecule has 4 N–H and O–H groups in total. The molecule has 14 aromatic rings. The topological polar surface area (TPSA) is 264 Å². The van der Waals surface area contributed by atoms with E-state index in [0.717, 1.165) is 224 Å². The molecule has 0 unspecified atom stereocenters. The summed E-state index contributed by atoms with van der Waals surface area (Å²) >= 11 is 7.35. The number of likely N-dealkylation sites (N-methyl/N-ethyl adjacent to an activating group) is 13. The van der Waals surface area contributed by atoms with Crippen molar-refractivity contribution in [3.8, 4) is 0 Å². The number of oxazole rings is 2. The van der Waals surface area contributed by atoms with Gasteiger partial charge in [0, 0.05) is 300 Å². The maximum absolute atomic E-state index is 5.28. The SMILES string of the molecule is CN1CCc2[nH]ccc2C1.CN1CCc2[nH]ncc2C1.CN1CCc2cc[nH]c2C1.CN1CCc2ccoc2C1.CN1CCc2ccsc2C1.CN1CCc2cnccc2C1.CN1CCc2nc[nH]c2C1.CN1CCc2ncoc2C1.CN1CCc2ncsc2C1.CN1CCc2occc2C1.CN1CCc2ocnc2C1.CN1CCc2sccc2C1.CN1CCc2scnc2C1.CN1Cc2ccncc2C1. The van der Waals surface area contributed by atoms with Crippen LogP contribution in [0.15, 0.2) is 163 Å². The van der Waals surface area contributed by atoms with E-state index in [4.69, 9.17) is 17.7 Å². The van der Waals surface area contributed by atoms with Gasteiger partial charge in [0.1, 0.15) is 23.0 Å². The van der Waals surface area contributed by atoms with Crippen molar-refractivity contribution in [1.82, 2.24) is 129 Å². The van der Waals surface area contributed by atoms with Crippen LogP contribution in [0.2, 0.25) is 0 Å². The molecule has 0 saturated carbocycles. The van der Waals surface area contributed by atoms with E-state index in [2.05, 4.69) is 287 Å². The van der Waals surface area contributed by atoms with Crippen LogP contribution in [0.4, 0.5) is 0 Å². The third kappa shape index (κ3) is 32.4. The molecule has 28 heterocycles. The molecule has 0 bridgehead atoms. The highest BCUT2D eigenvalue weighted by Crippen LogP contribution is 2.29. The number of nitrogens with zero attached hydrogens (tertiary/aromatic N) is 22. The third-order valence-electron chi connectivity index (χ3n) is 27.8. The van der Waals surface area contributed by atoms with Crippen LogP contribution in [0.3, 0.4) is 0 Å². The van der Waals surface area contributed by atoms with E-state index in [-0.39, 0.29) is 0 Å². The van der Waals surface area contributed by atoms with Gasteiger partial charge in [-0.2, -0.15) is 5.10 Å². The fourth-order valence-corrected chi connectivity index (χ4v) is 22.7. The van der Waals surface area contributed by atoms with Gasteiger partial charge in [-0.25, -0.2) is 24.9 Å². The van der Waals surface area contributed by atoms with Gasteiger partial charge in [-0.05, 0) is 247 Å². The summed E-state index contributed by atoms with van der Waals surface area (Å²) in [6.07, 6.45) is 36.9. The second kappa shape index (κ2) is 53.8. The Morgan fingerprint density at radius 3 is 1.43 bits per heavy atom. The molecule has 0 fully saturated rings. The second-order valence-corrected chi connectivity index (χ2v) is 43.7. The number of H-pyrrole nitrogens is 4. The normalized spacial score (nSPS) is 18.7. The molecule has 0 amide bonds. The fourth-order valence-electron chi connectivity index (χ4n) is 19.1. The monoisotopic (exact) mass is 1990 g/mol. The van der Waals surface area contributed by atoms with Gasteiger partial charge < -0.3 is 81.6 Å². The first-order valence-corrected chi connectivity index (χ1v) is 53.7. The summed E-state index contributed by atoms with van der Waals surface area (Å²) in [5.74, 6) is 4.43. The number of rotatable bonds is 0. The highest BCUT2D eigenvalue weighted by Gasteiger charge is 2.25. The van der Waals surface area contributed by atoms with Crippen molar-refractivity contribution >= 4 is 45.3 Å². The molecule has 141 heavy (non-hydrogen) atoms. The zero-order valence-corrected chi connectivity index (χ0v) is 89.2. The van der Waals surface area contributed by atoms with Gasteiger partial charge in [-0.1, -0.05) is 0 Å². The Balaban J connectivity index is 0.000000115. The Kier molecular flexibility index (Phi) is 40.3. The molecule has 0 atom stereocenters. The van der Waals surface area contributed by atoms with E-state index in [1.54, 1.807) is 62.4 Å². The summed E-state index contributed by atoms with van der Waals surface area (Å²) in [7, 11) is 30.0. The molecule has 758 valence electrons. The average Bonchev–Trinajstić information content (AvgIpc) is 1.78. The highest BCUT2D eigenvalue weighted by atomic mass is 32.1. The number of thiazole rings is 2. The van der Waals surface area contributed by atoms with Crippen molar-refractivity contribution in [1.29, 1.82) is 0 Å². The smallest absolute Gasteiger partial charge is 0.181 e. The third-order valence-corrected chi connectivity index (χ3v) is 31.5. The van der Waals surface area contributed by atoms with Gasteiger partial charge in [-0.15, -0.1) is 45.3 Å². The van der Waals surface area contributed by atoms with Crippen LogP contribution in [-0.4, -0.2) is 312 Å². The lowest BCUT2D eigenvalue weighted by Crippen LogP contribution is -2.26. The van der Waals surface area contributed by atoms with Crippen molar-refractivity contribution in [3.05, 3.63) is 300 Å². The molecule has 0 radical (unpaired) electrons. The van der Waals surface area contributed by atoms with Crippen LogP contribution < -0.4 is 0 Å². The van der Waals surface area contributed by atoms with Crippen molar-refractivity contribution in [2.45, 2.75) is 182 Å². The summed E-state index contributed by atoms with van der Waals surface area (Å²) < 4.78 is 20.9. The minimum Gasteiger partial charge on any atom is -0.469 e. The Hall–Kier alpha value is -9.64. The van der Waals surface area contributed by atoms with Crippen LogP contribution in [0.25, 0.3) is 0 Å². The fraction of sp³-hybridized carbons (Fsp3) is 0.514. The molecule has 0 saturated heterocycles. The van der Waals surface area contributed by atoms with Crippen LogP contribution in [-0.2, 0) is 182 Å². The van der Waals surface area contributed by atoms with E-state index in [1.165, 1.54) is 190 Å². The number of aromatic amines is 4. The zero-order chi connectivity index (χ0) is 98.4. The minimum atomic E-state index is 0.912. The number of hydrogen-bond donors (Lipinski definition) is 4. The lowest BCUT2D eigenvalue weighted by atomic mass is 10.0. The number of imidazole rings is 1. The molecule has 14 aliphatic rings. The van der Waals surface area contributed by atoms with Crippen molar-refractivity contribution < 1.29 is 17.7 Å². The first-order valence-electron chi connectivity index (χ1n) is 50.2. The van der Waals surface area contributed by atoms with Crippen molar-refractivity contribution in [2.24, 2.45) is 0 Å². The molecule has 0 spiro atoms. The lowest BCUT2D eigenvalue weighted by Gasteiger charge is -2.23. The first-order chi connectivity index (χ1) is 68.5. The summed E-state index contributed by atoms with van der Waals surface area (Å²) in [6.45, 7) is 30.9. The lowest BCUT2D eigenvalue weighted by molar-refractivity contribution is 0.277. The van der Waals surface area contributed by atoms with Gasteiger partial charge in [0.15, 0.2) is 12.8 Å². The summed E-state index contributed by atoms with van der Waals surface area (Å²) in [6, 6.07) is 17.2. The number of pyridine rings is 2. The molecule has 14 aliphatic heterocycles. The summed E-state index contributed by atoms with van der Waals surface area (Å²) in [5, 5.41) is 11.4. The molecule has 34 heteroatoms. The molecule has 14 aromatic heterocycles. The largest absolute Gasteiger partial charge is 0.469 e. The molecular formula is C107H152N26O4S4. The van der Waals surface area contributed by atoms with Gasteiger partial charge in [0.2, 0.25) is 0 Å². The summed E-state index contributed by atoms with van der Waals surface area (Å²) in [5.41, 5.74) is 31.3. The van der Waals surface area contributed by atoms with Crippen LogP contribution in [0.5, 0.6) is 0 Å². The average molecular weight is 1990 g/mol. The quantitative estimate of drug-likeness (QED) is 0.110. The Morgan fingerprint density at radius 1 is 0.248 bits per heavy atom. The minimum absolute atomic E-state index is 0.912. The second-order valence-electron chi connectivity index (χ2n) is 39.8. The van der Waals surface area contributed by atoms with E-state index < -0.39 is 0 Å². The molecule has 30 nitrogen and oxygen atoms in total. The highest BCUT2D eigenvalue weighted by molar-refractivity contribution is 7.10.